The average molecular weight is 867 g/mol. The minimum Gasteiger partial charge on any atom is -0.507 e. The Kier molecular flexibility index (Phi) is 15.4. The number of esters is 2. The van der Waals surface area contributed by atoms with Gasteiger partial charge in [0.25, 0.3) is 0 Å². The molecule has 0 bridgehead atoms. The second kappa shape index (κ2) is 19.3. The van der Waals surface area contributed by atoms with E-state index in [9.17, 15) is 60.8 Å². The lowest BCUT2D eigenvalue weighted by molar-refractivity contribution is -0.183. The van der Waals surface area contributed by atoms with Crippen molar-refractivity contribution in [1.82, 2.24) is 0 Å². The van der Waals surface area contributed by atoms with Crippen LogP contribution in [0.3, 0.4) is 0 Å². The maximum atomic E-state index is 13.7. The molecule has 3 heterocycles. The number of ketones is 2. The summed E-state index contributed by atoms with van der Waals surface area (Å²) in [4.78, 5) is 50.0. The van der Waals surface area contributed by atoms with Crippen molar-refractivity contribution in [3.05, 3.63) is 99.7 Å². The number of phenols is 1. The van der Waals surface area contributed by atoms with Gasteiger partial charge in [-0.2, -0.15) is 26.3 Å². The third kappa shape index (κ3) is 12.5. The zero-order chi connectivity index (χ0) is 45.8. The predicted molar refractivity (Wildman–Crippen MR) is 209 cm³/mol. The Morgan fingerprint density at radius 1 is 0.656 bits per heavy atom. The van der Waals surface area contributed by atoms with Crippen molar-refractivity contribution < 1.29 is 79.8 Å². The first-order valence-electron chi connectivity index (χ1n) is 19.2. The number of halogens is 6. The van der Waals surface area contributed by atoms with E-state index in [-0.39, 0.29) is 29.5 Å². The fourth-order valence-corrected chi connectivity index (χ4v) is 7.05. The van der Waals surface area contributed by atoms with Crippen molar-refractivity contribution in [1.29, 1.82) is 0 Å². The largest absolute Gasteiger partial charge is 0.507 e. The molecule has 0 amide bonds. The lowest BCUT2D eigenvalue weighted by atomic mass is 9.96. The molecule has 1 saturated heterocycles. The second-order valence-corrected chi connectivity index (χ2v) is 15.6. The summed E-state index contributed by atoms with van der Waals surface area (Å²) in [5, 5.41) is 29.9. The van der Waals surface area contributed by atoms with Crippen molar-refractivity contribution in [3.63, 3.8) is 0 Å². The maximum Gasteiger partial charge on any atom is 0.398 e. The number of aryl methyl sites for hydroxylation is 3. The molecule has 0 aromatic heterocycles. The number of carbonyl (C=O) groups is 4. The summed E-state index contributed by atoms with van der Waals surface area (Å²) in [5.41, 5.74) is 2.62. The lowest BCUT2D eigenvalue weighted by Crippen LogP contribution is -2.36. The highest BCUT2D eigenvalue weighted by atomic mass is 19.4. The Morgan fingerprint density at radius 2 is 1.13 bits per heavy atom. The van der Waals surface area contributed by atoms with Gasteiger partial charge < -0.3 is 34.3 Å². The number of aliphatic hydroxyl groups is 2. The van der Waals surface area contributed by atoms with Crippen molar-refractivity contribution >= 4 is 35.7 Å². The number of aliphatic hydroxyl groups excluding tert-OH is 2. The summed E-state index contributed by atoms with van der Waals surface area (Å²) in [6, 6.07) is 6.29. The van der Waals surface area contributed by atoms with Crippen LogP contribution in [0.5, 0.6) is 5.75 Å². The average Bonchev–Trinajstić information content (AvgIpc) is 3.42. The number of phenolic OH excluding ortho intramolecular Hbond substituents is 1. The zero-order valence-electron chi connectivity index (χ0n) is 34.3. The van der Waals surface area contributed by atoms with E-state index in [1.807, 2.05) is 6.92 Å². The molecule has 0 saturated carbocycles. The Hall–Kier alpha value is -5.10. The van der Waals surface area contributed by atoms with Crippen LogP contribution in [0.4, 0.5) is 26.3 Å². The Labute approximate surface area is 348 Å². The first kappa shape index (κ1) is 48.6. The van der Waals surface area contributed by atoms with E-state index < -0.39 is 95.9 Å². The number of ether oxygens (including phenoxy) is 4. The number of alkyl halides is 6. The fourth-order valence-electron chi connectivity index (χ4n) is 7.05. The molecule has 0 aliphatic carbocycles. The van der Waals surface area contributed by atoms with Gasteiger partial charge in [-0.05, 0) is 102 Å². The van der Waals surface area contributed by atoms with Crippen LogP contribution >= 0.6 is 0 Å². The molecular formula is C44H48F6O11. The molecule has 5 rings (SSSR count). The summed E-state index contributed by atoms with van der Waals surface area (Å²) in [7, 11) is 0. The maximum absolute atomic E-state index is 13.7. The van der Waals surface area contributed by atoms with E-state index in [1.54, 1.807) is 52.0 Å². The van der Waals surface area contributed by atoms with Gasteiger partial charge in [-0.25, -0.2) is 9.59 Å². The SMILES string of the molecule is Cc1cc(C)c2c(c1)/C=C/CC1OC(C)(C)OC1C(=O)/C=C\C(C(F)(F)F)C(C)OC2=O.Cc1cc(O)c2c(c1)/C=C/CC(O)C(O)C(=O)/C=C\C(C(F)(F)F)C(C)OC2=O. The van der Waals surface area contributed by atoms with Crippen LogP contribution in [-0.4, -0.2) is 93.6 Å². The molecule has 2 aromatic carbocycles. The van der Waals surface area contributed by atoms with E-state index in [0.29, 0.717) is 28.8 Å². The third-order valence-corrected chi connectivity index (χ3v) is 9.96. The molecule has 8 unspecified atom stereocenters. The Bertz CT molecular complexity index is 2100. The summed E-state index contributed by atoms with van der Waals surface area (Å²) < 4.78 is 103. The summed E-state index contributed by atoms with van der Waals surface area (Å²) in [6.45, 7) is 10.7. The van der Waals surface area contributed by atoms with Gasteiger partial charge in [0.15, 0.2) is 17.4 Å². The highest BCUT2D eigenvalue weighted by Gasteiger charge is 2.47. The second-order valence-electron chi connectivity index (χ2n) is 15.6. The minimum absolute atomic E-state index is 0.156. The molecule has 17 heteroatoms. The normalized spacial score (nSPS) is 29.8. The third-order valence-electron chi connectivity index (χ3n) is 9.96. The number of carbonyl (C=O) groups excluding carboxylic acids is 4. The molecule has 8 atom stereocenters. The minimum atomic E-state index is -4.85. The topological polar surface area (TPSA) is 166 Å². The van der Waals surface area contributed by atoms with E-state index in [1.165, 1.54) is 24.3 Å². The van der Waals surface area contributed by atoms with Gasteiger partial charge in [0.2, 0.25) is 0 Å². The van der Waals surface area contributed by atoms with Gasteiger partial charge in [-0.1, -0.05) is 60.2 Å². The van der Waals surface area contributed by atoms with Crippen LogP contribution in [0.2, 0.25) is 0 Å². The smallest absolute Gasteiger partial charge is 0.398 e. The first-order valence-corrected chi connectivity index (χ1v) is 19.2. The van der Waals surface area contributed by atoms with Gasteiger partial charge in [-0.15, -0.1) is 0 Å². The van der Waals surface area contributed by atoms with E-state index in [2.05, 4.69) is 0 Å². The molecule has 11 nitrogen and oxygen atoms in total. The van der Waals surface area contributed by atoms with Crippen molar-refractivity contribution in [2.45, 2.75) is 116 Å². The number of rotatable bonds is 0. The lowest BCUT2D eigenvalue weighted by Gasteiger charge is -2.25. The molecule has 3 aliphatic heterocycles. The number of hydrogen-bond acceptors (Lipinski definition) is 11. The van der Waals surface area contributed by atoms with Gasteiger partial charge >= 0.3 is 24.3 Å². The molecule has 332 valence electrons. The van der Waals surface area contributed by atoms with Crippen molar-refractivity contribution in [2.75, 3.05) is 0 Å². The molecule has 0 radical (unpaired) electrons. The Balaban J connectivity index is 0.000000270. The van der Waals surface area contributed by atoms with Crippen molar-refractivity contribution in [2.24, 2.45) is 11.8 Å². The Morgan fingerprint density at radius 3 is 1.67 bits per heavy atom. The van der Waals surface area contributed by atoms with Gasteiger partial charge in [0.1, 0.15) is 47.6 Å². The summed E-state index contributed by atoms with van der Waals surface area (Å²) in [5.74, 6) is -9.77. The van der Waals surface area contributed by atoms with Crippen molar-refractivity contribution in [3.8, 4) is 5.75 Å². The highest BCUT2D eigenvalue weighted by Crippen LogP contribution is 2.36. The van der Waals surface area contributed by atoms with Crippen LogP contribution in [0.15, 0.2) is 60.7 Å². The molecule has 61 heavy (non-hydrogen) atoms. The quantitative estimate of drug-likeness (QED) is 0.175. The summed E-state index contributed by atoms with van der Waals surface area (Å²) in [6.07, 6.45) is -9.25. The number of hydrogen-bond donors (Lipinski definition) is 3. The highest BCUT2D eigenvalue weighted by molar-refractivity contribution is 5.98. The van der Waals surface area contributed by atoms with E-state index >= 15 is 0 Å². The van der Waals surface area contributed by atoms with E-state index in [4.69, 9.17) is 18.9 Å². The van der Waals surface area contributed by atoms with Gasteiger partial charge in [0, 0.05) is 0 Å². The van der Waals surface area contributed by atoms with Gasteiger partial charge in [0.05, 0.1) is 17.8 Å². The van der Waals surface area contributed by atoms with Crippen LogP contribution in [0.1, 0.15) is 89.1 Å². The molecule has 1 fully saturated rings. The number of aromatic hydroxyl groups is 1. The monoisotopic (exact) mass is 866 g/mol. The molecule has 3 N–H and O–H groups in total. The first-order chi connectivity index (χ1) is 28.2. The molecule has 2 aromatic rings. The summed E-state index contributed by atoms with van der Waals surface area (Å²) >= 11 is 0. The standard InChI is InChI=1S/C24H27F3O5.C20H21F3O6/c1-13-11-14(2)20-16(12-13)7-6-8-19-21(32-23(4,5)31-19)18(28)10-9-17(24(25,26)27)15(3)30-22(20)29;1-10-8-12-4-3-5-14(24)18(27)15(25)7-6-13(20(21,22)23)11(2)29-19(28)17(12)16(26)9-10/h6-7,9-12,15,17,19,21H,8H2,1-5H3;3-4,6-9,11,13-14,18,24,26-27H,5H2,1-2H3/b7-6+,10-9-;4-3+,7-6-. The van der Waals surface area contributed by atoms with Crippen LogP contribution in [0, 0.1) is 32.6 Å². The number of benzene rings is 2. The zero-order valence-corrected chi connectivity index (χ0v) is 34.3. The predicted octanol–water partition coefficient (Wildman–Crippen LogP) is 7.78. The molecule has 3 aliphatic rings. The van der Waals surface area contributed by atoms with Crippen LogP contribution in [0.25, 0.3) is 12.2 Å². The number of fused-ring (bicyclic) bond motifs is 3. The molecular weight excluding hydrogens is 818 g/mol. The van der Waals surface area contributed by atoms with Crippen LogP contribution in [-0.2, 0) is 28.5 Å². The molecule has 0 spiro atoms. The fraction of sp³-hybridized carbons (Fsp3) is 0.455. The van der Waals surface area contributed by atoms with Crippen LogP contribution < -0.4 is 0 Å². The van der Waals surface area contributed by atoms with E-state index in [0.717, 1.165) is 31.6 Å². The number of cyclic esters (lactones) is 2. The van der Waals surface area contributed by atoms with Gasteiger partial charge in [-0.3, -0.25) is 9.59 Å².